The molecule has 4 N–H and O–H groups in total. The molecule has 0 radical (unpaired) electrons. The molecule has 0 unspecified atom stereocenters. The molecule has 1 aromatic carbocycles. The van der Waals surface area contributed by atoms with Gasteiger partial charge in [0, 0.05) is 18.3 Å². The normalized spacial score (nSPS) is 9.47. The Morgan fingerprint density at radius 1 is 1.47 bits per heavy atom. The molecular weight excluding hydrogens is 210 g/mol. The highest BCUT2D eigenvalue weighted by Gasteiger charge is 2.06. The van der Waals surface area contributed by atoms with Crippen LogP contribution in [0.25, 0.3) is 0 Å². The van der Waals surface area contributed by atoms with E-state index < -0.39 is 0 Å². The molecule has 0 saturated heterocycles. The number of nitrogens with two attached hydrogens (primary N) is 1. The van der Waals surface area contributed by atoms with Gasteiger partial charge in [-0.3, -0.25) is 4.79 Å². The van der Waals surface area contributed by atoms with Gasteiger partial charge in [-0.1, -0.05) is 6.07 Å². The summed E-state index contributed by atoms with van der Waals surface area (Å²) >= 11 is 4.74. The minimum atomic E-state index is -0.138. The zero-order valence-electron chi connectivity index (χ0n) is 8.63. The molecule has 0 saturated carbocycles. The van der Waals surface area contributed by atoms with Crippen LogP contribution in [0, 0.1) is 6.92 Å². The van der Waals surface area contributed by atoms with Gasteiger partial charge in [0.15, 0.2) is 5.11 Å². The van der Waals surface area contributed by atoms with Crippen LogP contribution in [-0.2, 0) is 0 Å². The average Bonchev–Trinajstić information content (AvgIpc) is 2.19. The van der Waals surface area contributed by atoms with Crippen LogP contribution in [0.1, 0.15) is 15.9 Å². The van der Waals surface area contributed by atoms with Crippen molar-refractivity contribution in [1.82, 2.24) is 5.32 Å². The first kappa shape index (κ1) is 11.5. The summed E-state index contributed by atoms with van der Waals surface area (Å²) in [6, 6.07) is 5.30. The third kappa shape index (κ3) is 2.92. The van der Waals surface area contributed by atoms with E-state index >= 15 is 0 Å². The number of rotatable bonds is 2. The Kier molecular flexibility index (Phi) is 3.62. The number of amides is 1. The Bertz CT molecular complexity index is 404. The van der Waals surface area contributed by atoms with Crippen molar-refractivity contribution >= 4 is 28.9 Å². The number of nitrogens with one attached hydrogen (secondary N) is 2. The van der Waals surface area contributed by atoms with Gasteiger partial charge in [0.2, 0.25) is 0 Å². The topological polar surface area (TPSA) is 67.2 Å². The molecule has 0 bridgehead atoms. The van der Waals surface area contributed by atoms with Crippen LogP contribution in [-0.4, -0.2) is 18.1 Å². The van der Waals surface area contributed by atoms with E-state index in [4.69, 9.17) is 18.0 Å². The van der Waals surface area contributed by atoms with E-state index in [2.05, 4.69) is 10.6 Å². The van der Waals surface area contributed by atoms with Crippen molar-refractivity contribution in [2.24, 2.45) is 5.73 Å². The van der Waals surface area contributed by atoms with E-state index in [-0.39, 0.29) is 11.0 Å². The summed E-state index contributed by atoms with van der Waals surface area (Å²) in [5.74, 6) is -0.138. The second-order valence-electron chi connectivity index (χ2n) is 3.10. The van der Waals surface area contributed by atoms with Gasteiger partial charge >= 0.3 is 0 Å². The number of hydrogen-bond donors (Lipinski definition) is 3. The maximum atomic E-state index is 11.4. The fourth-order valence-electron chi connectivity index (χ4n) is 1.17. The molecule has 0 spiro atoms. The lowest BCUT2D eigenvalue weighted by atomic mass is 10.1. The predicted octanol–water partition coefficient (Wildman–Crippen LogP) is 1.01. The van der Waals surface area contributed by atoms with Crippen molar-refractivity contribution in [1.29, 1.82) is 0 Å². The smallest absolute Gasteiger partial charge is 0.251 e. The molecule has 1 rings (SSSR count). The van der Waals surface area contributed by atoms with Crippen LogP contribution in [0.4, 0.5) is 5.69 Å². The first-order chi connectivity index (χ1) is 7.04. The Morgan fingerprint density at radius 2 is 2.13 bits per heavy atom. The first-order valence-corrected chi connectivity index (χ1v) is 4.84. The van der Waals surface area contributed by atoms with Gasteiger partial charge in [0.1, 0.15) is 0 Å². The summed E-state index contributed by atoms with van der Waals surface area (Å²) in [5, 5.41) is 5.56. The first-order valence-electron chi connectivity index (χ1n) is 4.43. The molecule has 80 valence electrons. The molecule has 0 heterocycles. The molecule has 1 aromatic rings. The monoisotopic (exact) mass is 223 g/mol. The van der Waals surface area contributed by atoms with Gasteiger partial charge in [-0.2, -0.15) is 0 Å². The second kappa shape index (κ2) is 4.75. The molecule has 0 aliphatic rings. The van der Waals surface area contributed by atoms with Gasteiger partial charge in [0.05, 0.1) is 0 Å². The van der Waals surface area contributed by atoms with Crippen molar-refractivity contribution in [3.05, 3.63) is 29.3 Å². The van der Waals surface area contributed by atoms with Gasteiger partial charge in [-0.25, -0.2) is 0 Å². The second-order valence-corrected chi connectivity index (χ2v) is 3.54. The molecule has 0 aromatic heterocycles. The van der Waals surface area contributed by atoms with E-state index in [1.54, 1.807) is 19.2 Å². The van der Waals surface area contributed by atoms with Crippen molar-refractivity contribution in [3.8, 4) is 0 Å². The van der Waals surface area contributed by atoms with Crippen LogP contribution in [0.2, 0.25) is 0 Å². The highest BCUT2D eigenvalue weighted by atomic mass is 32.1. The highest BCUT2D eigenvalue weighted by molar-refractivity contribution is 7.80. The van der Waals surface area contributed by atoms with Crippen LogP contribution < -0.4 is 16.4 Å². The maximum Gasteiger partial charge on any atom is 0.251 e. The van der Waals surface area contributed by atoms with Crippen LogP contribution in [0.15, 0.2) is 18.2 Å². The van der Waals surface area contributed by atoms with Crippen LogP contribution in [0.3, 0.4) is 0 Å². The van der Waals surface area contributed by atoms with Crippen LogP contribution >= 0.6 is 12.2 Å². The number of carbonyl (C=O) groups excluding carboxylic acids is 1. The molecule has 4 nitrogen and oxygen atoms in total. The van der Waals surface area contributed by atoms with Crippen LogP contribution in [0.5, 0.6) is 0 Å². The minimum Gasteiger partial charge on any atom is -0.376 e. The third-order valence-corrected chi connectivity index (χ3v) is 2.09. The van der Waals surface area contributed by atoms with E-state index in [0.29, 0.717) is 5.56 Å². The summed E-state index contributed by atoms with van der Waals surface area (Å²) in [6.07, 6.45) is 0. The zero-order chi connectivity index (χ0) is 11.4. The average molecular weight is 223 g/mol. The van der Waals surface area contributed by atoms with Crippen molar-refractivity contribution in [2.75, 3.05) is 12.4 Å². The maximum absolute atomic E-state index is 11.4. The number of hydrogen-bond acceptors (Lipinski definition) is 2. The highest BCUT2D eigenvalue weighted by Crippen LogP contribution is 2.16. The Hall–Kier alpha value is -1.62. The lowest BCUT2D eigenvalue weighted by Crippen LogP contribution is -2.21. The van der Waals surface area contributed by atoms with E-state index in [9.17, 15) is 4.79 Å². The number of carbonyl (C=O) groups is 1. The predicted molar refractivity (Wildman–Crippen MR) is 65.0 cm³/mol. The standard InChI is InChI=1S/C10H13N3OS/c1-6-3-4-7(9(14)12-2)5-8(6)13-10(11)15/h3-5H,1-2H3,(H,12,14)(H3,11,13,15). The van der Waals surface area contributed by atoms with Gasteiger partial charge in [-0.15, -0.1) is 0 Å². The molecule has 15 heavy (non-hydrogen) atoms. The third-order valence-electron chi connectivity index (χ3n) is 1.98. The number of anilines is 1. The Morgan fingerprint density at radius 3 is 2.67 bits per heavy atom. The van der Waals surface area contributed by atoms with E-state index in [0.717, 1.165) is 11.3 Å². The molecule has 0 aliphatic carbocycles. The summed E-state index contributed by atoms with van der Waals surface area (Å²) in [5.41, 5.74) is 7.68. The summed E-state index contributed by atoms with van der Waals surface area (Å²) < 4.78 is 0. The largest absolute Gasteiger partial charge is 0.376 e. The molecular formula is C10H13N3OS. The number of thiocarbonyl (C=S) groups is 1. The number of benzene rings is 1. The van der Waals surface area contributed by atoms with Gasteiger partial charge in [-0.05, 0) is 36.8 Å². The van der Waals surface area contributed by atoms with Crippen molar-refractivity contribution < 1.29 is 4.79 Å². The Balaban J connectivity index is 3.05. The molecule has 5 heteroatoms. The lowest BCUT2D eigenvalue weighted by Gasteiger charge is -2.09. The molecule has 0 atom stereocenters. The fourth-order valence-corrected chi connectivity index (χ4v) is 1.28. The summed E-state index contributed by atoms with van der Waals surface area (Å²) in [6.45, 7) is 1.91. The Labute approximate surface area is 93.9 Å². The molecule has 0 aliphatic heterocycles. The quantitative estimate of drug-likeness (QED) is 0.655. The molecule has 1 amide bonds. The summed E-state index contributed by atoms with van der Waals surface area (Å²) in [7, 11) is 1.59. The van der Waals surface area contributed by atoms with E-state index in [1.807, 2.05) is 13.0 Å². The zero-order valence-corrected chi connectivity index (χ0v) is 9.44. The fraction of sp³-hybridized carbons (Fsp3) is 0.200. The van der Waals surface area contributed by atoms with Gasteiger partial charge in [0.25, 0.3) is 5.91 Å². The number of aryl methyl sites for hydroxylation is 1. The lowest BCUT2D eigenvalue weighted by molar-refractivity contribution is 0.0963. The van der Waals surface area contributed by atoms with Crippen molar-refractivity contribution in [3.63, 3.8) is 0 Å². The SMILES string of the molecule is CNC(=O)c1ccc(C)c(NC(N)=S)c1. The minimum absolute atomic E-state index is 0.138. The summed E-state index contributed by atoms with van der Waals surface area (Å²) in [4.78, 5) is 11.4. The van der Waals surface area contributed by atoms with Gasteiger partial charge < -0.3 is 16.4 Å². The van der Waals surface area contributed by atoms with Crippen molar-refractivity contribution in [2.45, 2.75) is 6.92 Å². The van der Waals surface area contributed by atoms with E-state index in [1.165, 1.54) is 0 Å². The molecule has 0 fully saturated rings.